The molecular weight excluding hydrogens is 325 g/mol. The fourth-order valence-electron chi connectivity index (χ4n) is 3.04. The number of hydrogen-bond acceptors (Lipinski definition) is 4. The summed E-state index contributed by atoms with van der Waals surface area (Å²) in [6.07, 6.45) is 0.897. The van der Waals surface area contributed by atoms with Gasteiger partial charge in [0.25, 0.3) is 11.6 Å². The Labute approximate surface area is 144 Å². The Hall–Kier alpha value is -2.96. The predicted octanol–water partition coefficient (Wildman–Crippen LogP) is 2.99. The minimum atomic E-state index is -0.555. The summed E-state index contributed by atoms with van der Waals surface area (Å²) in [5.74, 6) is -0.458. The van der Waals surface area contributed by atoms with Crippen molar-refractivity contribution in [3.8, 4) is 0 Å². The van der Waals surface area contributed by atoms with Crippen molar-refractivity contribution >= 4 is 17.3 Å². The molecule has 2 aromatic carbocycles. The van der Waals surface area contributed by atoms with E-state index in [1.54, 1.807) is 18.2 Å². The van der Waals surface area contributed by atoms with Crippen molar-refractivity contribution in [2.75, 3.05) is 24.5 Å². The Morgan fingerprint density at radius 2 is 1.96 bits per heavy atom. The number of hydrogen-bond donors (Lipinski definition) is 1. The fraction of sp³-hybridized carbons (Fsp3) is 0.278. The van der Waals surface area contributed by atoms with Gasteiger partial charge >= 0.3 is 0 Å². The highest BCUT2D eigenvalue weighted by atomic mass is 19.1. The molecule has 0 spiro atoms. The molecule has 3 rings (SSSR count). The van der Waals surface area contributed by atoms with Crippen LogP contribution >= 0.6 is 0 Å². The number of rotatable bonds is 5. The highest BCUT2D eigenvalue weighted by Crippen LogP contribution is 2.24. The van der Waals surface area contributed by atoms with Gasteiger partial charge in [-0.15, -0.1) is 0 Å². The van der Waals surface area contributed by atoms with Gasteiger partial charge < -0.3 is 10.2 Å². The van der Waals surface area contributed by atoms with Crippen LogP contribution in [0.1, 0.15) is 16.8 Å². The SMILES string of the molecule is O=C(NCC1CCN(c2ccc(F)cc2)C1)c1ccccc1[N+](=O)[O-]. The molecule has 6 nitrogen and oxygen atoms in total. The molecule has 0 radical (unpaired) electrons. The Kier molecular flexibility index (Phi) is 4.92. The average Bonchev–Trinajstić information content (AvgIpc) is 3.09. The molecule has 7 heteroatoms. The second-order valence-electron chi connectivity index (χ2n) is 6.06. The summed E-state index contributed by atoms with van der Waals surface area (Å²) >= 11 is 0. The summed E-state index contributed by atoms with van der Waals surface area (Å²) in [7, 11) is 0. The molecule has 1 atom stereocenters. The van der Waals surface area contributed by atoms with Crippen molar-refractivity contribution < 1.29 is 14.1 Å². The van der Waals surface area contributed by atoms with Crippen LogP contribution in [0, 0.1) is 21.8 Å². The quantitative estimate of drug-likeness (QED) is 0.669. The van der Waals surface area contributed by atoms with Gasteiger partial charge in [0.15, 0.2) is 0 Å². The summed E-state index contributed by atoms with van der Waals surface area (Å²) < 4.78 is 13.0. The molecule has 0 aromatic heterocycles. The topological polar surface area (TPSA) is 75.5 Å². The van der Waals surface area contributed by atoms with E-state index in [-0.39, 0.29) is 23.0 Å². The normalized spacial score (nSPS) is 16.7. The Bertz CT molecular complexity index is 779. The van der Waals surface area contributed by atoms with Gasteiger partial charge in [0.1, 0.15) is 11.4 Å². The molecule has 1 saturated heterocycles. The lowest BCUT2D eigenvalue weighted by Crippen LogP contribution is -2.31. The molecule has 0 bridgehead atoms. The number of halogens is 1. The maximum Gasteiger partial charge on any atom is 0.282 e. The smallest absolute Gasteiger partial charge is 0.282 e. The second kappa shape index (κ2) is 7.29. The minimum absolute atomic E-state index is 0.0703. The number of nitro benzene ring substituents is 1. The first-order chi connectivity index (χ1) is 12.0. The maximum atomic E-state index is 13.0. The third kappa shape index (κ3) is 3.93. The third-order valence-corrected chi connectivity index (χ3v) is 4.37. The highest BCUT2D eigenvalue weighted by Gasteiger charge is 2.25. The van der Waals surface area contributed by atoms with E-state index in [1.165, 1.54) is 30.3 Å². The van der Waals surface area contributed by atoms with Crippen molar-refractivity contribution in [2.45, 2.75) is 6.42 Å². The standard InChI is InChI=1S/C18H18FN3O3/c19-14-5-7-15(8-6-14)21-10-9-13(12-21)11-20-18(23)16-3-1-2-4-17(16)22(24)25/h1-8,13H,9-12H2,(H,20,23). The van der Waals surface area contributed by atoms with Gasteiger partial charge in [0, 0.05) is 31.4 Å². The first-order valence-electron chi connectivity index (χ1n) is 8.06. The van der Waals surface area contributed by atoms with Gasteiger partial charge in [-0.3, -0.25) is 14.9 Å². The van der Waals surface area contributed by atoms with Crippen LogP contribution in [0.4, 0.5) is 15.8 Å². The summed E-state index contributed by atoms with van der Waals surface area (Å²) in [6, 6.07) is 12.2. The summed E-state index contributed by atoms with van der Waals surface area (Å²) in [5.41, 5.74) is 0.828. The minimum Gasteiger partial charge on any atom is -0.371 e. The van der Waals surface area contributed by atoms with E-state index in [2.05, 4.69) is 10.2 Å². The number of anilines is 1. The number of nitro groups is 1. The number of benzene rings is 2. The third-order valence-electron chi connectivity index (χ3n) is 4.37. The number of para-hydroxylation sites is 1. The van der Waals surface area contributed by atoms with E-state index in [9.17, 15) is 19.3 Å². The van der Waals surface area contributed by atoms with Crippen molar-refractivity contribution in [1.29, 1.82) is 0 Å². The van der Waals surface area contributed by atoms with Gasteiger partial charge in [-0.1, -0.05) is 12.1 Å². The van der Waals surface area contributed by atoms with Crippen LogP contribution in [0.2, 0.25) is 0 Å². The molecule has 1 amide bonds. The second-order valence-corrected chi connectivity index (χ2v) is 6.06. The molecule has 25 heavy (non-hydrogen) atoms. The largest absolute Gasteiger partial charge is 0.371 e. The van der Waals surface area contributed by atoms with Crippen LogP contribution in [0.3, 0.4) is 0 Å². The number of carbonyl (C=O) groups excluding carboxylic acids is 1. The van der Waals surface area contributed by atoms with Gasteiger partial charge in [0.05, 0.1) is 4.92 Å². The molecule has 1 heterocycles. The first-order valence-corrected chi connectivity index (χ1v) is 8.06. The Balaban J connectivity index is 1.57. The monoisotopic (exact) mass is 343 g/mol. The van der Waals surface area contributed by atoms with Gasteiger partial charge in [-0.05, 0) is 42.7 Å². The molecule has 0 saturated carbocycles. The first kappa shape index (κ1) is 16.9. The molecule has 0 aliphatic carbocycles. The number of nitrogens with one attached hydrogen (secondary N) is 1. The zero-order valence-electron chi connectivity index (χ0n) is 13.5. The lowest BCUT2D eigenvalue weighted by Gasteiger charge is -2.18. The van der Waals surface area contributed by atoms with Crippen LogP contribution in [0.15, 0.2) is 48.5 Å². The van der Waals surface area contributed by atoms with Crippen LogP contribution < -0.4 is 10.2 Å². The summed E-state index contributed by atoms with van der Waals surface area (Å²) in [4.78, 5) is 24.8. The van der Waals surface area contributed by atoms with Crippen LogP contribution in [0.25, 0.3) is 0 Å². The Morgan fingerprint density at radius 3 is 2.68 bits per heavy atom. The van der Waals surface area contributed by atoms with Crippen LogP contribution in [-0.4, -0.2) is 30.5 Å². The number of carbonyl (C=O) groups is 1. The molecule has 1 unspecified atom stereocenters. The molecule has 1 fully saturated rings. The average molecular weight is 343 g/mol. The van der Waals surface area contributed by atoms with E-state index >= 15 is 0 Å². The predicted molar refractivity (Wildman–Crippen MR) is 92.1 cm³/mol. The zero-order valence-corrected chi connectivity index (χ0v) is 13.5. The van der Waals surface area contributed by atoms with Gasteiger partial charge in [0.2, 0.25) is 0 Å². The zero-order chi connectivity index (χ0) is 17.8. The van der Waals surface area contributed by atoms with E-state index < -0.39 is 10.8 Å². The summed E-state index contributed by atoms with van der Waals surface area (Å²) in [5, 5.41) is 13.8. The summed E-state index contributed by atoms with van der Waals surface area (Å²) in [6.45, 7) is 2.03. The van der Waals surface area contributed by atoms with Crippen LogP contribution in [-0.2, 0) is 0 Å². The van der Waals surface area contributed by atoms with Gasteiger partial charge in [-0.25, -0.2) is 4.39 Å². The molecule has 1 aliphatic rings. The lowest BCUT2D eigenvalue weighted by atomic mass is 10.1. The fourth-order valence-corrected chi connectivity index (χ4v) is 3.04. The van der Waals surface area contributed by atoms with Crippen LogP contribution in [0.5, 0.6) is 0 Å². The van der Waals surface area contributed by atoms with E-state index in [1.807, 2.05) is 0 Å². The number of nitrogens with zero attached hydrogens (tertiary/aromatic N) is 2. The molecule has 2 aromatic rings. The molecule has 1 N–H and O–H groups in total. The lowest BCUT2D eigenvalue weighted by molar-refractivity contribution is -0.385. The van der Waals surface area contributed by atoms with Gasteiger partial charge in [-0.2, -0.15) is 0 Å². The van der Waals surface area contributed by atoms with E-state index in [0.29, 0.717) is 6.54 Å². The highest BCUT2D eigenvalue weighted by molar-refractivity contribution is 5.98. The van der Waals surface area contributed by atoms with Crippen molar-refractivity contribution in [3.05, 3.63) is 70.0 Å². The van der Waals surface area contributed by atoms with Crippen molar-refractivity contribution in [2.24, 2.45) is 5.92 Å². The van der Waals surface area contributed by atoms with Crippen molar-refractivity contribution in [3.63, 3.8) is 0 Å². The molecule has 1 aliphatic heterocycles. The maximum absolute atomic E-state index is 13.0. The van der Waals surface area contributed by atoms with E-state index in [0.717, 1.165) is 25.2 Å². The molecule has 130 valence electrons. The van der Waals surface area contributed by atoms with Crippen molar-refractivity contribution in [1.82, 2.24) is 5.32 Å². The number of amides is 1. The molecular formula is C18H18FN3O3. The Morgan fingerprint density at radius 1 is 1.24 bits per heavy atom. The van der Waals surface area contributed by atoms with E-state index in [4.69, 9.17) is 0 Å².